The van der Waals surface area contributed by atoms with Crippen LogP contribution in [0.5, 0.6) is 5.75 Å². The van der Waals surface area contributed by atoms with Crippen LogP contribution in [0.3, 0.4) is 0 Å². The topological polar surface area (TPSA) is 61.3 Å². The maximum absolute atomic E-state index is 5.85. The SMILES string of the molecule is CCCOc1ccc(C(N)CN)cc1C. The number of ether oxygens (including phenoxy) is 1. The maximum atomic E-state index is 5.85. The third kappa shape index (κ3) is 3.22. The molecule has 0 radical (unpaired) electrons. The molecule has 0 aromatic heterocycles. The predicted molar refractivity (Wildman–Crippen MR) is 62.9 cm³/mol. The number of benzene rings is 1. The molecule has 3 heteroatoms. The zero-order chi connectivity index (χ0) is 11.3. The number of hydrogen-bond donors (Lipinski definition) is 2. The molecule has 0 saturated carbocycles. The Morgan fingerprint density at radius 1 is 1.40 bits per heavy atom. The Kier molecular flexibility index (Phi) is 4.59. The van der Waals surface area contributed by atoms with Crippen molar-refractivity contribution in [2.45, 2.75) is 26.3 Å². The Balaban J connectivity index is 2.78. The van der Waals surface area contributed by atoms with Crippen LogP contribution in [-0.4, -0.2) is 13.2 Å². The van der Waals surface area contributed by atoms with Crippen LogP contribution in [0.2, 0.25) is 0 Å². The minimum Gasteiger partial charge on any atom is -0.493 e. The largest absolute Gasteiger partial charge is 0.493 e. The Morgan fingerprint density at radius 2 is 2.13 bits per heavy atom. The second-order valence-electron chi connectivity index (χ2n) is 3.72. The van der Waals surface area contributed by atoms with Gasteiger partial charge in [-0.25, -0.2) is 0 Å². The molecule has 1 unspecified atom stereocenters. The summed E-state index contributed by atoms with van der Waals surface area (Å²) in [5.74, 6) is 0.935. The summed E-state index contributed by atoms with van der Waals surface area (Å²) in [6.45, 7) is 5.34. The first-order chi connectivity index (χ1) is 7.19. The van der Waals surface area contributed by atoms with Crippen molar-refractivity contribution >= 4 is 0 Å². The number of rotatable bonds is 5. The van der Waals surface area contributed by atoms with E-state index < -0.39 is 0 Å². The Labute approximate surface area is 91.4 Å². The van der Waals surface area contributed by atoms with Crippen LogP contribution in [0.25, 0.3) is 0 Å². The molecular formula is C12H20N2O. The van der Waals surface area contributed by atoms with Crippen molar-refractivity contribution in [3.63, 3.8) is 0 Å². The van der Waals surface area contributed by atoms with E-state index in [0.717, 1.165) is 29.9 Å². The fourth-order valence-electron chi connectivity index (χ4n) is 1.41. The van der Waals surface area contributed by atoms with E-state index in [0.29, 0.717) is 6.54 Å². The summed E-state index contributed by atoms with van der Waals surface area (Å²) in [6, 6.07) is 5.91. The van der Waals surface area contributed by atoms with E-state index >= 15 is 0 Å². The van der Waals surface area contributed by atoms with Gasteiger partial charge in [0.1, 0.15) is 5.75 Å². The molecule has 4 N–H and O–H groups in total. The van der Waals surface area contributed by atoms with Gasteiger partial charge in [0.15, 0.2) is 0 Å². The minimum absolute atomic E-state index is 0.0797. The molecule has 0 aliphatic rings. The highest BCUT2D eigenvalue weighted by Crippen LogP contribution is 2.21. The summed E-state index contributed by atoms with van der Waals surface area (Å²) in [7, 11) is 0. The molecule has 3 nitrogen and oxygen atoms in total. The van der Waals surface area contributed by atoms with E-state index in [2.05, 4.69) is 6.92 Å². The molecule has 0 spiro atoms. The normalized spacial score (nSPS) is 12.5. The third-order valence-corrected chi connectivity index (χ3v) is 2.34. The Bertz CT molecular complexity index is 312. The first-order valence-corrected chi connectivity index (χ1v) is 5.38. The quantitative estimate of drug-likeness (QED) is 0.774. The van der Waals surface area contributed by atoms with Gasteiger partial charge in [-0.1, -0.05) is 19.1 Å². The maximum Gasteiger partial charge on any atom is 0.122 e. The molecule has 1 atom stereocenters. The van der Waals surface area contributed by atoms with Gasteiger partial charge in [-0.3, -0.25) is 0 Å². The lowest BCUT2D eigenvalue weighted by atomic mass is 10.0. The number of hydrogen-bond acceptors (Lipinski definition) is 3. The summed E-state index contributed by atoms with van der Waals surface area (Å²) in [4.78, 5) is 0. The lowest BCUT2D eigenvalue weighted by molar-refractivity contribution is 0.315. The highest BCUT2D eigenvalue weighted by atomic mass is 16.5. The van der Waals surface area contributed by atoms with Crippen LogP contribution in [0, 0.1) is 6.92 Å². The molecule has 0 amide bonds. The van der Waals surface area contributed by atoms with Crippen LogP contribution in [-0.2, 0) is 0 Å². The standard InChI is InChI=1S/C12H20N2O/c1-3-6-15-12-5-4-10(7-9(12)2)11(14)8-13/h4-5,7,11H,3,6,8,13-14H2,1-2H3. The zero-order valence-electron chi connectivity index (χ0n) is 9.49. The Hall–Kier alpha value is -1.06. The summed E-state index contributed by atoms with van der Waals surface area (Å²) in [6.07, 6.45) is 1.02. The van der Waals surface area contributed by atoms with Gasteiger partial charge in [0, 0.05) is 12.6 Å². The predicted octanol–water partition coefficient (Wildman–Crippen LogP) is 1.74. The fourth-order valence-corrected chi connectivity index (χ4v) is 1.41. The summed E-state index contributed by atoms with van der Waals surface area (Å²) in [5.41, 5.74) is 13.5. The number of nitrogens with two attached hydrogens (primary N) is 2. The van der Waals surface area contributed by atoms with Gasteiger partial charge in [-0.2, -0.15) is 0 Å². The first-order valence-electron chi connectivity index (χ1n) is 5.38. The van der Waals surface area contributed by atoms with Gasteiger partial charge in [0.05, 0.1) is 6.61 Å². The van der Waals surface area contributed by atoms with E-state index in [1.807, 2.05) is 25.1 Å². The molecule has 15 heavy (non-hydrogen) atoms. The lowest BCUT2D eigenvalue weighted by Crippen LogP contribution is -2.20. The van der Waals surface area contributed by atoms with E-state index in [4.69, 9.17) is 16.2 Å². The van der Waals surface area contributed by atoms with Crippen molar-refractivity contribution < 1.29 is 4.74 Å². The average Bonchev–Trinajstić information content (AvgIpc) is 2.26. The van der Waals surface area contributed by atoms with Crippen molar-refractivity contribution in [3.8, 4) is 5.75 Å². The summed E-state index contributed by atoms with van der Waals surface area (Å²) in [5, 5.41) is 0. The van der Waals surface area contributed by atoms with Gasteiger partial charge < -0.3 is 16.2 Å². The van der Waals surface area contributed by atoms with Gasteiger partial charge >= 0.3 is 0 Å². The van der Waals surface area contributed by atoms with Gasteiger partial charge in [0.2, 0.25) is 0 Å². The van der Waals surface area contributed by atoms with Crippen molar-refractivity contribution in [1.82, 2.24) is 0 Å². The van der Waals surface area contributed by atoms with Crippen LogP contribution < -0.4 is 16.2 Å². The molecule has 84 valence electrons. The number of aryl methyl sites for hydroxylation is 1. The molecular weight excluding hydrogens is 188 g/mol. The van der Waals surface area contributed by atoms with E-state index in [1.54, 1.807) is 0 Å². The van der Waals surface area contributed by atoms with Crippen molar-refractivity contribution in [3.05, 3.63) is 29.3 Å². The zero-order valence-corrected chi connectivity index (χ0v) is 9.49. The van der Waals surface area contributed by atoms with Crippen molar-refractivity contribution in [2.24, 2.45) is 11.5 Å². The van der Waals surface area contributed by atoms with Crippen molar-refractivity contribution in [2.75, 3.05) is 13.2 Å². The highest BCUT2D eigenvalue weighted by Gasteiger charge is 2.06. The van der Waals surface area contributed by atoms with Crippen LogP contribution in [0.1, 0.15) is 30.5 Å². The smallest absolute Gasteiger partial charge is 0.122 e. The highest BCUT2D eigenvalue weighted by molar-refractivity contribution is 5.37. The molecule has 0 aliphatic carbocycles. The van der Waals surface area contributed by atoms with E-state index in [-0.39, 0.29) is 6.04 Å². The monoisotopic (exact) mass is 208 g/mol. The van der Waals surface area contributed by atoms with E-state index in [9.17, 15) is 0 Å². The van der Waals surface area contributed by atoms with E-state index in [1.165, 1.54) is 0 Å². The lowest BCUT2D eigenvalue weighted by Gasteiger charge is -2.13. The summed E-state index contributed by atoms with van der Waals surface area (Å²) < 4.78 is 5.58. The average molecular weight is 208 g/mol. The van der Waals surface area contributed by atoms with Gasteiger partial charge in [-0.15, -0.1) is 0 Å². The molecule has 0 bridgehead atoms. The van der Waals surface area contributed by atoms with Crippen LogP contribution in [0.15, 0.2) is 18.2 Å². The summed E-state index contributed by atoms with van der Waals surface area (Å²) >= 11 is 0. The molecule has 0 aliphatic heterocycles. The molecule has 0 saturated heterocycles. The fraction of sp³-hybridized carbons (Fsp3) is 0.500. The van der Waals surface area contributed by atoms with Crippen molar-refractivity contribution in [1.29, 1.82) is 0 Å². The van der Waals surface area contributed by atoms with Crippen LogP contribution in [0.4, 0.5) is 0 Å². The minimum atomic E-state index is -0.0797. The second kappa shape index (κ2) is 5.73. The second-order valence-corrected chi connectivity index (χ2v) is 3.72. The molecule has 0 heterocycles. The van der Waals surface area contributed by atoms with Gasteiger partial charge in [-0.05, 0) is 30.5 Å². The molecule has 1 aromatic rings. The van der Waals surface area contributed by atoms with Crippen LogP contribution >= 0.6 is 0 Å². The third-order valence-electron chi connectivity index (χ3n) is 2.34. The Morgan fingerprint density at radius 3 is 2.67 bits per heavy atom. The molecule has 1 aromatic carbocycles. The first kappa shape index (κ1) is 12.0. The molecule has 1 rings (SSSR count). The van der Waals surface area contributed by atoms with Gasteiger partial charge in [0.25, 0.3) is 0 Å². The molecule has 0 fully saturated rings.